The van der Waals surface area contributed by atoms with E-state index in [-0.39, 0.29) is 0 Å². The second-order valence-electron chi connectivity index (χ2n) is 7.92. The summed E-state index contributed by atoms with van der Waals surface area (Å²) in [6, 6.07) is 34.7. The summed E-state index contributed by atoms with van der Waals surface area (Å²) in [6.07, 6.45) is 0. The normalized spacial score (nSPS) is 10.7. The van der Waals surface area contributed by atoms with Gasteiger partial charge < -0.3 is 9.80 Å². The van der Waals surface area contributed by atoms with Gasteiger partial charge >= 0.3 is 0 Å². The molecule has 0 atom stereocenters. The standard InChI is InChI=1S/C28H28N2/c1-21-8-12-24(13-9-21)29(4)25-16-18-27(19-17-25)30(26-14-10-22(2)11-15-26)28-7-5-6-23(3)20-28/h5-20H,1-4H3. The Kier molecular flexibility index (Phi) is 5.58. The summed E-state index contributed by atoms with van der Waals surface area (Å²) >= 11 is 0. The largest absolute Gasteiger partial charge is 0.345 e. The van der Waals surface area contributed by atoms with E-state index in [1.54, 1.807) is 0 Å². The highest BCUT2D eigenvalue weighted by molar-refractivity contribution is 5.78. The Morgan fingerprint density at radius 2 is 0.867 bits per heavy atom. The summed E-state index contributed by atoms with van der Waals surface area (Å²) in [5.41, 5.74) is 9.60. The average molecular weight is 393 g/mol. The van der Waals surface area contributed by atoms with Crippen LogP contribution in [0.2, 0.25) is 0 Å². The molecular formula is C28H28N2. The molecule has 150 valence electrons. The Morgan fingerprint density at radius 1 is 0.433 bits per heavy atom. The van der Waals surface area contributed by atoms with Crippen LogP contribution in [0.3, 0.4) is 0 Å². The van der Waals surface area contributed by atoms with Crippen LogP contribution in [0.5, 0.6) is 0 Å². The smallest absolute Gasteiger partial charge is 0.0464 e. The molecule has 0 saturated heterocycles. The van der Waals surface area contributed by atoms with Crippen LogP contribution >= 0.6 is 0 Å². The Balaban J connectivity index is 1.70. The van der Waals surface area contributed by atoms with Crippen molar-refractivity contribution in [1.82, 2.24) is 0 Å². The number of nitrogens with zero attached hydrogens (tertiary/aromatic N) is 2. The molecule has 0 bridgehead atoms. The topological polar surface area (TPSA) is 6.48 Å². The van der Waals surface area contributed by atoms with E-state index < -0.39 is 0 Å². The minimum Gasteiger partial charge on any atom is -0.345 e. The highest BCUT2D eigenvalue weighted by Gasteiger charge is 2.13. The van der Waals surface area contributed by atoms with Crippen LogP contribution in [0.4, 0.5) is 28.4 Å². The molecule has 4 aromatic carbocycles. The summed E-state index contributed by atoms with van der Waals surface area (Å²) in [7, 11) is 2.11. The van der Waals surface area contributed by atoms with E-state index in [9.17, 15) is 0 Å². The molecule has 0 radical (unpaired) electrons. The Labute approximate surface area is 180 Å². The zero-order valence-corrected chi connectivity index (χ0v) is 18.1. The van der Waals surface area contributed by atoms with Crippen molar-refractivity contribution >= 4 is 28.4 Å². The predicted octanol–water partition coefficient (Wildman–Crippen LogP) is 7.85. The third-order valence-electron chi connectivity index (χ3n) is 5.47. The third-order valence-corrected chi connectivity index (χ3v) is 5.47. The molecule has 2 nitrogen and oxygen atoms in total. The second kappa shape index (κ2) is 8.46. The predicted molar refractivity (Wildman–Crippen MR) is 130 cm³/mol. The molecule has 0 aliphatic carbocycles. The maximum absolute atomic E-state index is 2.31. The van der Waals surface area contributed by atoms with Gasteiger partial charge in [-0.3, -0.25) is 0 Å². The number of aryl methyl sites for hydroxylation is 3. The molecule has 0 saturated carbocycles. The van der Waals surface area contributed by atoms with Crippen LogP contribution in [0.15, 0.2) is 97.1 Å². The third kappa shape index (κ3) is 4.23. The number of benzene rings is 4. The van der Waals surface area contributed by atoms with Crippen LogP contribution < -0.4 is 9.80 Å². The van der Waals surface area contributed by atoms with Gasteiger partial charge in [0.2, 0.25) is 0 Å². The fraction of sp³-hybridized carbons (Fsp3) is 0.143. The van der Waals surface area contributed by atoms with Crippen molar-refractivity contribution in [3.8, 4) is 0 Å². The fourth-order valence-corrected chi connectivity index (χ4v) is 3.65. The van der Waals surface area contributed by atoms with Crippen LogP contribution in [0.1, 0.15) is 16.7 Å². The van der Waals surface area contributed by atoms with Crippen molar-refractivity contribution in [2.45, 2.75) is 20.8 Å². The van der Waals surface area contributed by atoms with Crippen molar-refractivity contribution < 1.29 is 0 Å². The lowest BCUT2D eigenvalue weighted by Gasteiger charge is -2.27. The van der Waals surface area contributed by atoms with Crippen molar-refractivity contribution in [2.24, 2.45) is 0 Å². The van der Waals surface area contributed by atoms with E-state index in [1.165, 1.54) is 28.1 Å². The van der Waals surface area contributed by atoms with Crippen molar-refractivity contribution in [3.05, 3.63) is 114 Å². The molecule has 0 aromatic heterocycles. The Bertz CT molecular complexity index is 1110. The zero-order chi connectivity index (χ0) is 21.1. The molecule has 0 unspecified atom stereocenters. The summed E-state index contributed by atoms with van der Waals surface area (Å²) < 4.78 is 0. The molecule has 2 heteroatoms. The molecule has 0 spiro atoms. The van der Waals surface area contributed by atoms with Gasteiger partial charge in [-0.1, -0.05) is 47.5 Å². The first-order valence-corrected chi connectivity index (χ1v) is 10.4. The summed E-state index contributed by atoms with van der Waals surface area (Å²) in [6.45, 7) is 6.37. The van der Waals surface area contributed by atoms with Crippen LogP contribution in [0.25, 0.3) is 0 Å². The lowest BCUT2D eigenvalue weighted by molar-refractivity contribution is 1.20. The van der Waals surface area contributed by atoms with Crippen molar-refractivity contribution in [2.75, 3.05) is 16.8 Å². The number of rotatable bonds is 5. The van der Waals surface area contributed by atoms with Gasteiger partial charge in [0.15, 0.2) is 0 Å². The van der Waals surface area contributed by atoms with Crippen LogP contribution in [-0.2, 0) is 0 Å². The average Bonchev–Trinajstić information content (AvgIpc) is 2.76. The van der Waals surface area contributed by atoms with E-state index >= 15 is 0 Å². The van der Waals surface area contributed by atoms with Crippen molar-refractivity contribution in [1.29, 1.82) is 0 Å². The second-order valence-corrected chi connectivity index (χ2v) is 7.92. The quantitative estimate of drug-likeness (QED) is 0.341. The van der Waals surface area contributed by atoms with Gasteiger partial charge in [-0.05, 0) is 87.0 Å². The van der Waals surface area contributed by atoms with Gasteiger partial charge in [-0.2, -0.15) is 0 Å². The monoisotopic (exact) mass is 392 g/mol. The molecule has 0 fully saturated rings. The lowest BCUT2D eigenvalue weighted by atomic mass is 10.1. The van der Waals surface area contributed by atoms with Gasteiger partial charge in [0.05, 0.1) is 0 Å². The first-order valence-electron chi connectivity index (χ1n) is 10.4. The molecule has 0 aliphatic rings. The van der Waals surface area contributed by atoms with E-state index in [0.717, 1.165) is 17.1 Å². The zero-order valence-electron chi connectivity index (χ0n) is 18.1. The SMILES string of the molecule is Cc1ccc(N(C)c2ccc(N(c3ccc(C)cc3)c3cccc(C)c3)cc2)cc1. The molecule has 4 aromatic rings. The maximum Gasteiger partial charge on any atom is 0.0464 e. The molecule has 0 N–H and O–H groups in total. The number of hydrogen-bond donors (Lipinski definition) is 0. The highest BCUT2D eigenvalue weighted by atomic mass is 15.1. The number of hydrogen-bond acceptors (Lipinski definition) is 2. The van der Waals surface area contributed by atoms with Gasteiger partial charge in [0.1, 0.15) is 0 Å². The first kappa shape index (κ1) is 19.8. The summed E-state index contributed by atoms with van der Waals surface area (Å²) in [5, 5.41) is 0. The van der Waals surface area contributed by atoms with Crippen LogP contribution in [-0.4, -0.2) is 7.05 Å². The molecule has 0 aliphatic heterocycles. The minimum atomic E-state index is 1.14. The fourth-order valence-electron chi connectivity index (χ4n) is 3.65. The van der Waals surface area contributed by atoms with E-state index in [0.29, 0.717) is 0 Å². The summed E-state index contributed by atoms with van der Waals surface area (Å²) in [4.78, 5) is 4.52. The van der Waals surface area contributed by atoms with Gasteiger partial charge in [-0.15, -0.1) is 0 Å². The van der Waals surface area contributed by atoms with Crippen LogP contribution in [0, 0.1) is 20.8 Å². The molecule has 30 heavy (non-hydrogen) atoms. The molecule has 4 rings (SSSR count). The first-order chi connectivity index (χ1) is 14.5. The van der Waals surface area contributed by atoms with E-state index in [1.807, 2.05) is 0 Å². The maximum atomic E-state index is 2.31. The Morgan fingerprint density at radius 3 is 1.37 bits per heavy atom. The molecule has 0 heterocycles. The molecule has 0 amide bonds. The molecular weight excluding hydrogens is 364 g/mol. The lowest BCUT2D eigenvalue weighted by Crippen LogP contribution is -2.12. The summed E-state index contributed by atoms with van der Waals surface area (Å²) in [5.74, 6) is 0. The van der Waals surface area contributed by atoms with Gasteiger partial charge in [-0.25, -0.2) is 0 Å². The van der Waals surface area contributed by atoms with E-state index in [2.05, 4.69) is 135 Å². The Hall–Kier alpha value is -3.52. The van der Waals surface area contributed by atoms with Gasteiger partial charge in [0, 0.05) is 35.5 Å². The van der Waals surface area contributed by atoms with Gasteiger partial charge in [0.25, 0.3) is 0 Å². The van der Waals surface area contributed by atoms with E-state index in [4.69, 9.17) is 0 Å². The van der Waals surface area contributed by atoms with Crippen molar-refractivity contribution in [3.63, 3.8) is 0 Å². The minimum absolute atomic E-state index is 1.14. The highest BCUT2D eigenvalue weighted by Crippen LogP contribution is 2.36. The number of anilines is 5.